The lowest BCUT2D eigenvalue weighted by Gasteiger charge is -2.07. The number of ketones is 1. The normalized spacial score (nSPS) is 9.75. The molecule has 0 saturated carbocycles. The van der Waals surface area contributed by atoms with Crippen LogP contribution in [0.4, 0.5) is 0 Å². The second-order valence-corrected chi connectivity index (χ2v) is 3.41. The third-order valence-electron chi connectivity index (χ3n) is 2.40. The first-order valence-corrected chi connectivity index (χ1v) is 4.82. The zero-order valence-corrected chi connectivity index (χ0v) is 8.73. The van der Waals surface area contributed by atoms with Gasteiger partial charge in [0.15, 0.2) is 11.5 Å². The van der Waals surface area contributed by atoms with E-state index in [1.807, 2.05) is 30.3 Å². The zero-order valence-electron chi connectivity index (χ0n) is 8.73. The fourth-order valence-corrected chi connectivity index (χ4v) is 1.75. The topological polar surface area (TPSA) is 50.1 Å². The van der Waals surface area contributed by atoms with Crippen LogP contribution in [0.5, 0.6) is 5.75 Å². The fraction of sp³-hybridized carbons (Fsp3) is 0.0769. The van der Waals surface area contributed by atoms with Gasteiger partial charge in [0.25, 0.3) is 6.26 Å². The summed E-state index contributed by atoms with van der Waals surface area (Å²) in [4.78, 5) is 11.6. The summed E-state index contributed by atoms with van der Waals surface area (Å²) < 4.78 is 4.79. The lowest BCUT2D eigenvalue weighted by atomic mass is 10.0. The van der Waals surface area contributed by atoms with Crippen molar-refractivity contribution in [2.45, 2.75) is 6.92 Å². The molecule has 0 amide bonds. The van der Waals surface area contributed by atoms with Gasteiger partial charge in [0.05, 0.1) is 5.56 Å². The van der Waals surface area contributed by atoms with E-state index < -0.39 is 0 Å². The van der Waals surface area contributed by atoms with E-state index in [1.54, 1.807) is 12.3 Å². The number of ether oxygens (including phenoxy) is 1. The van der Waals surface area contributed by atoms with Gasteiger partial charge in [-0.1, -0.05) is 30.3 Å². The Labute approximate surface area is 92.9 Å². The Hall–Kier alpha value is -2.34. The largest absolute Gasteiger partial charge is 0.387 e. The van der Waals surface area contributed by atoms with Crippen molar-refractivity contribution in [1.29, 1.82) is 5.26 Å². The predicted molar refractivity (Wildman–Crippen MR) is 60.2 cm³/mol. The Bertz CT molecular complexity index is 596. The van der Waals surface area contributed by atoms with E-state index in [4.69, 9.17) is 10.00 Å². The number of nitrogens with zero attached hydrogens (tertiary/aromatic N) is 1. The lowest BCUT2D eigenvalue weighted by Crippen LogP contribution is -1.98. The smallest absolute Gasteiger partial charge is 0.292 e. The second-order valence-electron chi connectivity index (χ2n) is 3.41. The Morgan fingerprint density at radius 1 is 1.25 bits per heavy atom. The number of hydrogen-bond acceptors (Lipinski definition) is 3. The number of rotatable bonds is 2. The summed E-state index contributed by atoms with van der Waals surface area (Å²) in [7, 11) is 0. The summed E-state index contributed by atoms with van der Waals surface area (Å²) in [5, 5.41) is 10.3. The van der Waals surface area contributed by atoms with Crippen LogP contribution >= 0.6 is 0 Å². The van der Waals surface area contributed by atoms with E-state index in [9.17, 15) is 4.79 Å². The minimum Gasteiger partial charge on any atom is -0.387 e. The van der Waals surface area contributed by atoms with Gasteiger partial charge >= 0.3 is 0 Å². The van der Waals surface area contributed by atoms with Crippen LogP contribution in [0, 0.1) is 11.5 Å². The van der Waals surface area contributed by atoms with Crippen LogP contribution in [0.2, 0.25) is 0 Å². The molecule has 0 atom stereocenters. The van der Waals surface area contributed by atoms with Crippen molar-refractivity contribution in [3.8, 4) is 12.0 Å². The number of benzene rings is 2. The molecule has 0 unspecified atom stereocenters. The first-order chi connectivity index (χ1) is 7.74. The Morgan fingerprint density at radius 3 is 2.69 bits per heavy atom. The molecule has 0 fully saturated rings. The molecule has 2 aromatic rings. The summed E-state index contributed by atoms with van der Waals surface area (Å²) in [5.41, 5.74) is 0.458. The van der Waals surface area contributed by atoms with Gasteiger partial charge in [0.1, 0.15) is 0 Å². The molecule has 3 heteroatoms. The highest BCUT2D eigenvalue weighted by molar-refractivity contribution is 6.09. The molecule has 0 spiro atoms. The third kappa shape index (κ3) is 1.61. The number of nitriles is 1. The average Bonchev–Trinajstić information content (AvgIpc) is 2.28. The monoisotopic (exact) mass is 211 g/mol. The average molecular weight is 211 g/mol. The van der Waals surface area contributed by atoms with Crippen molar-refractivity contribution >= 4 is 16.6 Å². The zero-order chi connectivity index (χ0) is 11.5. The molecule has 78 valence electrons. The van der Waals surface area contributed by atoms with Crippen LogP contribution in [0.3, 0.4) is 0 Å². The molecule has 0 radical (unpaired) electrons. The standard InChI is InChI=1S/C13H9NO2/c1-9(15)13-11-5-3-2-4-10(11)6-7-12(13)16-8-14/h2-7H,1H3. The first kappa shape index (κ1) is 10.2. The van der Waals surface area contributed by atoms with Gasteiger partial charge < -0.3 is 4.74 Å². The number of fused-ring (bicyclic) bond motifs is 1. The Morgan fingerprint density at radius 2 is 2.00 bits per heavy atom. The number of Topliss-reactive ketones (excluding diaryl/α,β-unsaturated/α-hetero) is 1. The van der Waals surface area contributed by atoms with Crippen molar-refractivity contribution in [2.24, 2.45) is 0 Å². The number of carbonyl (C=O) groups is 1. The van der Waals surface area contributed by atoms with E-state index in [1.165, 1.54) is 6.92 Å². The molecule has 16 heavy (non-hydrogen) atoms. The Balaban J connectivity index is 2.80. The SMILES string of the molecule is CC(=O)c1c(OC#N)ccc2ccccc12. The molecular formula is C13H9NO2. The third-order valence-corrected chi connectivity index (χ3v) is 2.40. The maximum Gasteiger partial charge on any atom is 0.292 e. The van der Waals surface area contributed by atoms with Crippen molar-refractivity contribution < 1.29 is 9.53 Å². The minimum absolute atomic E-state index is 0.109. The van der Waals surface area contributed by atoms with Gasteiger partial charge in [-0.05, 0) is 23.8 Å². The van der Waals surface area contributed by atoms with E-state index in [0.29, 0.717) is 11.3 Å². The molecule has 2 aromatic carbocycles. The highest BCUT2D eigenvalue weighted by Crippen LogP contribution is 2.28. The highest BCUT2D eigenvalue weighted by atomic mass is 16.5. The summed E-state index contributed by atoms with van der Waals surface area (Å²) >= 11 is 0. The molecule has 0 aromatic heterocycles. The quantitative estimate of drug-likeness (QED) is 0.566. The Kier molecular flexibility index (Phi) is 2.57. The van der Waals surface area contributed by atoms with E-state index in [0.717, 1.165) is 10.8 Å². The molecule has 0 bridgehead atoms. The van der Waals surface area contributed by atoms with Crippen LogP contribution in [-0.2, 0) is 0 Å². The van der Waals surface area contributed by atoms with E-state index in [-0.39, 0.29) is 5.78 Å². The summed E-state index contributed by atoms with van der Waals surface area (Å²) in [6.45, 7) is 1.46. The lowest BCUT2D eigenvalue weighted by molar-refractivity contribution is 0.101. The summed E-state index contributed by atoms with van der Waals surface area (Å²) in [6.07, 6.45) is 1.59. The van der Waals surface area contributed by atoms with Crippen LogP contribution in [0.15, 0.2) is 36.4 Å². The van der Waals surface area contributed by atoms with Crippen molar-refractivity contribution in [1.82, 2.24) is 0 Å². The van der Waals surface area contributed by atoms with Crippen LogP contribution in [0.1, 0.15) is 17.3 Å². The minimum atomic E-state index is -0.109. The number of carbonyl (C=O) groups excluding carboxylic acids is 1. The van der Waals surface area contributed by atoms with Gasteiger partial charge in [-0.15, -0.1) is 5.26 Å². The molecule has 0 aliphatic rings. The van der Waals surface area contributed by atoms with Gasteiger partial charge in [0.2, 0.25) is 0 Å². The molecule has 0 aliphatic heterocycles. The van der Waals surface area contributed by atoms with Crippen molar-refractivity contribution in [3.63, 3.8) is 0 Å². The summed E-state index contributed by atoms with van der Waals surface area (Å²) in [5.74, 6) is 0.204. The van der Waals surface area contributed by atoms with Gasteiger partial charge in [0, 0.05) is 0 Å². The number of hydrogen-bond donors (Lipinski definition) is 0. The van der Waals surface area contributed by atoms with Gasteiger partial charge in [-0.3, -0.25) is 4.79 Å². The van der Waals surface area contributed by atoms with Crippen LogP contribution < -0.4 is 4.74 Å². The maximum atomic E-state index is 11.6. The molecular weight excluding hydrogens is 202 g/mol. The molecule has 0 saturated heterocycles. The fourth-order valence-electron chi connectivity index (χ4n) is 1.75. The molecule has 0 N–H and O–H groups in total. The highest BCUT2D eigenvalue weighted by Gasteiger charge is 2.12. The van der Waals surface area contributed by atoms with Crippen LogP contribution in [-0.4, -0.2) is 5.78 Å². The molecule has 0 aliphatic carbocycles. The molecule has 3 nitrogen and oxygen atoms in total. The first-order valence-electron chi connectivity index (χ1n) is 4.82. The maximum absolute atomic E-state index is 11.6. The van der Waals surface area contributed by atoms with E-state index >= 15 is 0 Å². The molecule has 2 rings (SSSR count). The van der Waals surface area contributed by atoms with E-state index in [2.05, 4.69) is 0 Å². The van der Waals surface area contributed by atoms with Crippen molar-refractivity contribution in [3.05, 3.63) is 42.0 Å². The second kappa shape index (κ2) is 4.03. The van der Waals surface area contributed by atoms with Gasteiger partial charge in [-0.2, -0.15) is 0 Å². The predicted octanol–water partition coefficient (Wildman–Crippen LogP) is 2.90. The molecule has 0 heterocycles. The van der Waals surface area contributed by atoms with Gasteiger partial charge in [-0.25, -0.2) is 0 Å². The summed E-state index contributed by atoms with van der Waals surface area (Å²) in [6, 6.07) is 11.0. The van der Waals surface area contributed by atoms with Crippen LogP contribution in [0.25, 0.3) is 10.8 Å². The van der Waals surface area contributed by atoms with Crippen molar-refractivity contribution in [2.75, 3.05) is 0 Å².